The molecule has 2 aromatic carbocycles. The normalized spacial score (nSPS) is 12.3. The van der Waals surface area contributed by atoms with Crippen LogP contribution < -0.4 is 5.32 Å². The number of phenols is 2. The van der Waals surface area contributed by atoms with Gasteiger partial charge in [-0.1, -0.05) is 58.0 Å². The molecule has 0 aliphatic heterocycles. The Balaban J connectivity index is 1.92. The Labute approximate surface area is 171 Å². The van der Waals surface area contributed by atoms with Crippen LogP contribution in [0.2, 0.25) is 0 Å². The summed E-state index contributed by atoms with van der Waals surface area (Å²) in [5.74, 6) is -1.62. The Kier molecular flexibility index (Phi) is 7.26. The number of nitrogens with one attached hydrogen (secondary N) is 1. The lowest BCUT2D eigenvalue weighted by Crippen LogP contribution is -2.35. The second-order valence-corrected chi connectivity index (χ2v) is 8.22. The summed E-state index contributed by atoms with van der Waals surface area (Å²) in [6.07, 6.45) is 0.366. The number of ether oxygens (including phenoxy) is 1. The molecule has 0 aliphatic carbocycles. The predicted molar refractivity (Wildman–Crippen MR) is 111 cm³/mol. The van der Waals surface area contributed by atoms with Crippen LogP contribution in [-0.4, -0.2) is 28.6 Å². The maximum atomic E-state index is 12.4. The van der Waals surface area contributed by atoms with E-state index in [-0.39, 0.29) is 36.0 Å². The fourth-order valence-electron chi connectivity index (χ4n) is 3.03. The van der Waals surface area contributed by atoms with Gasteiger partial charge in [0, 0.05) is 5.92 Å². The molecule has 0 spiro atoms. The van der Waals surface area contributed by atoms with Crippen LogP contribution in [0.25, 0.3) is 0 Å². The molecule has 2 aromatic rings. The van der Waals surface area contributed by atoms with Crippen LogP contribution in [0.1, 0.15) is 44.4 Å². The summed E-state index contributed by atoms with van der Waals surface area (Å²) in [4.78, 5) is 24.3. The largest absolute Gasteiger partial charge is 0.504 e. The SMILES string of the molecule is C[C@@H](Cc1cc(O)c(O)cc1C(C)(C)C)C(=O)NCC(=O)OCc1ccccc1. The Bertz CT molecular complexity index is 856. The second kappa shape index (κ2) is 9.45. The van der Waals surface area contributed by atoms with Gasteiger partial charge < -0.3 is 20.3 Å². The molecule has 6 nitrogen and oxygen atoms in total. The first-order valence-corrected chi connectivity index (χ1v) is 9.60. The summed E-state index contributed by atoms with van der Waals surface area (Å²) in [5, 5.41) is 22.3. The lowest BCUT2D eigenvalue weighted by molar-refractivity contribution is -0.145. The molecule has 0 unspecified atom stereocenters. The van der Waals surface area contributed by atoms with Crippen molar-refractivity contribution in [1.29, 1.82) is 0 Å². The molecule has 0 fully saturated rings. The molecule has 0 bridgehead atoms. The van der Waals surface area contributed by atoms with Crippen LogP contribution in [0.15, 0.2) is 42.5 Å². The number of esters is 1. The van der Waals surface area contributed by atoms with Gasteiger partial charge in [0.1, 0.15) is 13.2 Å². The molecule has 0 aromatic heterocycles. The van der Waals surface area contributed by atoms with E-state index in [0.717, 1.165) is 16.7 Å². The first-order chi connectivity index (χ1) is 13.6. The fraction of sp³-hybridized carbons (Fsp3) is 0.391. The Morgan fingerprint density at radius 1 is 1.07 bits per heavy atom. The molecule has 0 radical (unpaired) electrons. The van der Waals surface area contributed by atoms with Crippen molar-refractivity contribution >= 4 is 11.9 Å². The number of hydrogen-bond donors (Lipinski definition) is 3. The van der Waals surface area contributed by atoms with Crippen LogP contribution in [0.5, 0.6) is 11.5 Å². The molecular weight excluding hydrogens is 370 g/mol. The van der Waals surface area contributed by atoms with Gasteiger partial charge in [0.05, 0.1) is 0 Å². The third-order valence-electron chi connectivity index (χ3n) is 4.63. The van der Waals surface area contributed by atoms with Gasteiger partial charge in [-0.25, -0.2) is 0 Å². The monoisotopic (exact) mass is 399 g/mol. The minimum Gasteiger partial charge on any atom is -0.504 e. The van der Waals surface area contributed by atoms with Gasteiger partial charge in [-0.3, -0.25) is 9.59 Å². The van der Waals surface area contributed by atoms with Crippen LogP contribution in [0, 0.1) is 5.92 Å². The number of hydrogen-bond acceptors (Lipinski definition) is 5. The van der Waals surface area contributed by atoms with Gasteiger partial charge in [-0.05, 0) is 40.7 Å². The minimum absolute atomic E-state index is 0.160. The third kappa shape index (κ3) is 6.52. The van der Waals surface area contributed by atoms with Gasteiger partial charge in [0.25, 0.3) is 0 Å². The number of amides is 1. The zero-order valence-corrected chi connectivity index (χ0v) is 17.4. The van der Waals surface area contributed by atoms with Crippen molar-refractivity contribution < 1.29 is 24.5 Å². The number of aromatic hydroxyl groups is 2. The number of rotatable bonds is 7. The van der Waals surface area contributed by atoms with Crippen molar-refractivity contribution in [2.75, 3.05) is 6.54 Å². The molecule has 1 amide bonds. The highest BCUT2D eigenvalue weighted by atomic mass is 16.5. The Morgan fingerprint density at radius 3 is 2.31 bits per heavy atom. The highest BCUT2D eigenvalue weighted by Gasteiger charge is 2.23. The number of benzene rings is 2. The maximum absolute atomic E-state index is 12.4. The standard InChI is InChI=1S/C23H29NO5/c1-15(10-17-11-19(25)20(26)12-18(17)23(2,3)4)22(28)24-13-21(27)29-14-16-8-6-5-7-9-16/h5-9,11-12,15,25-26H,10,13-14H2,1-4H3,(H,24,28)/t15-/m0/s1. The molecule has 2 rings (SSSR count). The maximum Gasteiger partial charge on any atom is 0.325 e. The molecule has 0 aliphatic rings. The number of carbonyl (C=O) groups excluding carboxylic acids is 2. The van der Waals surface area contributed by atoms with Crippen LogP contribution in [0.4, 0.5) is 0 Å². The van der Waals surface area contributed by atoms with E-state index < -0.39 is 11.9 Å². The van der Waals surface area contributed by atoms with E-state index in [1.807, 2.05) is 51.1 Å². The van der Waals surface area contributed by atoms with Gasteiger partial charge in [-0.15, -0.1) is 0 Å². The van der Waals surface area contributed by atoms with E-state index in [1.165, 1.54) is 12.1 Å². The van der Waals surface area contributed by atoms with Crippen molar-refractivity contribution in [2.24, 2.45) is 5.92 Å². The average molecular weight is 399 g/mol. The average Bonchev–Trinajstić information content (AvgIpc) is 2.66. The van der Waals surface area contributed by atoms with Crippen molar-refractivity contribution in [3.63, 3.8) is 0 Å². The highest BCUT2D eigenvalue weighted by Crippen LogP contribution is 2.35. The van der Waals surface area contributed by atoms with Crippen molar-refractivity contribution in [2.45, 2.75) is 46.1 Å². The number of carbonyl (C=O) groups is 2. The fourth-order valence-corrected chi connectivity index (χ4v) is 3.03. The summed E-state index contributed by atoms with van der Waals surface area (Å²) in [6, 6.07) is 12.3. The second-order valence-electron chi connectivity index (χ2n) is 8.22. The first-order valence-electron chi connectivity index (χ1n) is 9.60. The smallest absolute Gasteiger partial charge is 0.325 e. The highest BCUT2D eigenvalue weighted by molar-refractivity contribution is 5.83. The van der Waals surface area contributed by atoms with Crippen molar-refractivity contribution in [3.8, 4) is 11.5 Å². The predicted octanol–water partition coefficient (Wildman–Crippen LogP) is 3.43. The molecule has 3 N–H and O–H groups in total. The molecule has 0 saturated carbocycles. The van der Waals surface area contributed by atoms with Gasteiger partial charge in [0.2, 0.25) is 5.91 Å². The zero-order valence-electron chi connectivity index (χ0n) is 17.4. The first kappa shape index (κ1) is 22.3. The van der Waals surface area contributed by atoms with Crippen LogP contribution >= 0.6 is 0 Å². The number of phenolic OH excluding ortho intramolecular Hbond substituents is 2. The molecule has 0 heterocycles. The van der Waals surface area contributed by atoms with E-state index in [4.69, 9.17) is 4.74 Å². The van der Waals surface area contributed by atoms with Crippen LogP contribution in [-0.2, 0) is 32.8 Å². The Hall–Kier alpha value is -3.02. The summed E-state index contributed by atoms with van der Waals surface area (Å²) >= 11 is 0. The van der Waals surface area contributed by atoms with E-state index in [2.05, 4.69) is 5.32 Å². The van der Waals surface area contributed by atoms with Crippen molar-refractivity contribution in [3.05, 3.63) is 59.2 Å². The molecule has 6 heteroatoms. The van der Waals surface area contributed by atoms with E-state index in [9.17, 15) is 19.8 Å². The molecule has 156 valence electrons. The quantitative estimate of drug-likeness (QED) is 0.490. The summed E-state index contributed by atoms with van der Waals surface area (Å²) < 4.78 is 5.15. The summed E-state index contributed by atoms with van der Waals surface area (Å²) in [6.45, 7) is 7.69. The molecule has 29 heavy (non-hydrogen) atoms. The van der Waals surface area contributed by atoms with Gasteiger partial charge >= 0.3 is 5.97 Å². The van der Waals surface area contributed by atoms with E-state index in [0.29, 0.717) is 6.42 Å². The Morgan fingerprint density at radius 2 is 1.69 bits per heavy atom. The minimum atomic E-state index is -0.507. The zero-order chi connectivity index (χ0) is 21.6. The summed E-state index contributed by atoms with van der Waals surface area (Å²) in [7, 11) is 0. The van der Waals surface area contributed by atoms with E-state index >= 15 is 0 Å². The van der Waals surface area contributed by atoms with Gasteiger partial charge in [0.15, 0.2) is 11.5 Å². The topological polar surface area (TPSA) is 95.9 Å². The molecule has 0 saturated heterocycles. The molecule has 1 atom stereocenters. The molecular formula is C23H29NO5. The van der Waals surface area contributed by atoms with Gasteiger partial charge in [-0.2, -0.15) is 0 Å². The van der Waals surface area contributed by atoms with Crippen LogP contribution in [0.3, 0.4) is 0 Å². The lowest BCUT2D eigenvalue weighted by Gasteiger charge is -2.25. The van der Waals surface area contributed by atoms with Crippen molar-refractivity contribution in [1.82, 2.24) is 5.32 Å². The summed E-state index contributed by atoms with van der Waals surface area (Å²) in [5.41, 5.74) is 2.25. The lowest BCUT2D eigenvalue weighted by atomic mass is 9.81. The third-order valence-corrected chi connectivity index (χ3v) is 4.63. The van der Waals surface area contributed by atoms with E-state index in [1.54, 1.807) is 6.92 Å².